The van der Waals surface area contributed by atoms with E-state index in [0.717, 1.165) is 42.6 Å². The van der Waals surface area contributed by atoms with Gasteiger partial charge in [-0.05, 0) is 18.8 Å². The van der Waals surface area contributed by atoms with Gasteiger partial charge >= 0.3 is 0 Å². The Morgan fingerprint density at radius 3 is 2.50 bits per heavy atom. The van der Waals surface area contributed by atoms with Crippen LogP contribution in [0.2, 0.25) is 0 Å². The van der Waals surface area contributed by atoms with E-state index in [1.54, 1.807) is 0 Å². The minimum atomic E-state index is 0.0675. The van der Waals surface area contributed by atoms with E-state index in [2.05, 4.69) is 38.0 Å². The summed E-state index contributed by atoms with van der Waals surface area (Å²) in [6.07, 6.45) is 3.00. The quantitative estimate of drug-likeness (QED) is 0.852. The van der Waals surface area contributed by atoms with Crippen molar-refractivity contribution in [2.75, 3.05) is 0 Å². The summed E-state index contributed by atoms with van der Waals surface area (Å²) in [4.78, 5) is 12.2. The summed E-state index contributed by atoms with van der Waals surface area (Å²) in [5.74, 6) is 0.500. The van der Waals surface area contributed by atoms with Gasteiger partial charge in [0.25, 0.3) is 5.56 Å². The van der Waals surface area contributed by atoms with Crippen LogP contribution in [0.25, 0.3) is 11.3 Å². The number of nitrogens with zero attached hydrogens (tertiary/aromatic N) is 1. The molecule has 1 aromatic heterocycles. The minimum Gasteiger partial charge on any atom is -0.284 e. The van der Waals surface area contributed by atoms with Gasteiger partial charge in [-0.2, -0.15) is 0 Å². The third-order valence-electron chi connectivity index (χ3n) is 3.44. The van der Waals surface area contributed by atoms with Gasteiger partial charge in [-0.25, -0.2) is 0 Å². The molecule has 0 radical (unpaired) electrons. The van der Waals surface area contributed by atoms with Crippen molar-refractivity contribution in [2.24, 2.45) is 5.92 Å². The van der Waals surface area contributed by atoms with Crippen LogP contribution in [-0.4, -0.2) is 9.78 Å². The third-order valence-corrected chi connectivity index (χ3v) is 3.44. The minimum absolute atomic E-state index is 0.0675. The van der Waals surface area contributed by atoms with Gasteiger partial charge in [-0.1, -0.05) is 57.5 Å². The Morgan fingerprint density at radius 2 is 1.90 bits per heavy atom. The number of aromatic amines is 1. The summed E-state index contributed by atoms with van der Waals surface area (Å²) in [6.45, 7) is 7.32. The van der Waals surface area contributed by atoms with E-state index in [4.69, 9.17) is 0 Å². The number of H-pyrrole nitrogens is 1. The molecule has 0 fully saturated rings. The van der Waals surface area contributed by atoms with Crippen molar-refractivity contribution in [1.29, 1.82) is 0 Å². The van der Waals surface area contributed by atoms with Crippen molar-refractivity contribution >= 4 is 0 Å². The molecule has 108 valence electrons. The van der Waals surface area contributed by atoms with Gasteiger partial charge in [0.2, 0.25) is 0 Å². The molecule has 0 atom stereocenters. The number of unbranched alkanes of at least 4 members (excludes halogenated alkanes) is 1. The van der Waals surface area contributed by atoms with E-state index in [0.29, 0.717) is 5.92 Å². The molecular formula is C17H24N2O. The molecule has 3 heteroatoms. The molecule has 0 bridgehead atoms. The Kier molecular flexibility index (Phi) is 4.83. The molecule has 1 aromatic carbocycles. The summed E-state index contributed by atoms with van der Waals surface area (Å²) in [7, 11) is 0. The van der Waals surface area contributed by atoms with Gasteiger partial charge in [0.05, 0.1) is 5.69 Å². The van der Waals surface area contributed by atoms with Crippen LogP contribution in [0.4, 0.5) is 0 Å². The maximum Gasteiger partial charge on any atom is 0.267 e. The van der Waals surface area contributed by atoms with Crippen LogP contribution in [0.3, 0.4) is 0 Å². The zero-order valence-corrected chi connectivity index (χ0v) is 12.6. The van der Waals surface area contributed by atoms with Crippen molar-refractivity contribution in [2.45, 2.75) is 46.6 Å². The van der Waals surface area contributed by atoms with Gasteiger partial charge < -0.3 is 0 Å². The molecule has 0 aliphatic heterocycles. The standard InChI is InChI=1S/C17H24N2O/c1-4-5-11-15-16(14-9-7-6-8-10-14)19(12-13(2)3)18-17(15)20/h6-10,13H,4-5,11-12H2,1-3H3,(H,18,20). The molecule has 2 rings (SSSR count). The Labute approximate surface area is 120 Å². The highest BCUT2D eigenvalue weighted by Gasteiger charge is 2.16. The molecule has 0 saturated carbocycles. The number of hydrogen-bond donors (Lipinski definition) is 1. The van der Waals surface area contributed by atoms with Crippen molar-refractivity contribution in [3.63, 3.8) is 0 Å². The average molecular weight is 272 g/mol. The molecule has 1 heterocycles. The van der Waals surface area contributed by atoms with E-state index >= 15 is 0 Å². The maximum absolute atomic E-state index is 12.2. The molecular weight excluding hydrogens is 248 g/mol. The van der Waals surface area contributed by atoms with Gasteiger partial charge in [0.15, 0.2) is 0 Å². The molecule has 0 aliphatic carbocycles. The van der Waals surface area contributed by atoms with Crippen molar-refractivity contribution in [1.82, 2.24) is 9.78 Å². The number of hydrogen-bond acceptors (Lipinski definition) is 1. The first-order valence-electron chi connectivity index (χ1n) is 7.50. The van der Waals surface area contributed by atoms with Crippen LogP contribution >= 0.6 is 0 Å². The largest absolute Gasteiger partial charge is 0.284 e. The maximum atomic E-state index is 12.2. The molecule has 2 aromatic rings. The fraction of sp³-hybridized carbons (Fsp3) is 0.471. The number of aromatic nitrogens is 2. The molecule has 0 spiro atoms. The molecule has 0 amide bonds. The first-order valence-corrected chi connectivity index (χ1v) is 7.50. The highest BCUT2D eigenvalue weighted by Crippen LogP contribution is 2.23. The van der Waals surface area contributed by atoms with Crippen molar-refractivity contribution in [3.8, 4) is 11.3 Å². The lowest BCUT2D eigenvalue weighted by atomic mass is 10.0. The summed E-state index contributed by atoms with van der Waals surface area (Å²) < 4.78 is 2.02. The lowest BCUT2D eigenvalue weighted by molar-refractivity contribution is 0.484. The number of rotatable bonds is 6. The van der Waals surface area contributed by atoms with Gasteiger partial charge in [-0.3, -0.25) is 14.6 Å². The Hall–Kier alpha value is -1.77. The van der Waals surface area contributed by atoms with E-state index in [1.807, 2.05) is 22.9 Å². The predicted octanol–water partition coefficient (Wildman–Crippen LogP) is 3.84. The third kappa shape index (κ3) is 3.21. The van der Waals surface area contributed by atoms with Gasteiger partial charge in [0, 0.05) is 17.7 Å². The second kappa shape index (κ2) is 6.60. The predicted molar refractivity (Wildman–Crippen MR) is 83.9 cm³/mol. The van der Waals surface area contributed by atoms with Crippen molar-refractivity contribution < 1.29 is 0 Å². The Balaban J connectivity index is 2.51. The van der Waals surface area contributed by atoms with Crippen molar-refractivity contribution in [3.05, 3.63) is 46.2 Å². The number of nitrogens with one attached hydrogen (secondary N) is 1. The lowest BCUT2D eigenvalue weighted by Crippen LogP contribution is -2.10. The number of benzene rings is 1. The Morgan fingerprint density at radius 1 is 1.20 bits per heavy atom. The summed E-state index contributed by atoms with van der Waals surface area (Å²) >= 11 is 0. The topological polar surface area (TPSA) is 37.8 Å². The fourth-order valence-electron chi connectivity index (χ4n) is 2.53. The van der Waals surface area contributed by atoms with Crippen LogP contribution in [-0.2, 0) is 13.0 Å². The first-order chi connectivity index (χ1) is 9.63. The summed E-state index contributed by atoms with van der Waals surface area (Å²) in [5, 5.41) is 3.01. The molecule has 20 heavy (non-hydrogen) atoms. The van der Waals surface area contributed by atoms with Crippen LogP contribution in [0, 0.1) is 5.92 Å². The molecule has 0 aliphatic rings. The molecule has 0 unspecified atom stereocenters. The van der Waals surface area contributed by atoms with Crippen LogP contribution in [0.15, 0.2) is 35.1 Å². The van der Waals surface area contributed by atoms with E-state index in [-0.39, 0.29) is 5.56 Å². The molecule has 3 nitrogen and oxygen atoms in total. The zero-order chi connectivity index (χ0) is 14.5. The molecule has 1 N–H and O–H groups in total. The summed E-state index contributed by atoms with van der Waals surface area (Å²) in [6, 6.07) is 10.2. The van der Waals surface area contributed by atoms with Crippen LogP contribution < -0.4 is 5.56 Å². The average Bonchev–Trinajstić information content (AvgIpc) is 2.72. The van der Waals surface area contributed by atoms with Crippen LogP contribution in [0.1, 0.15) is 39.2 Å². The van der Waals surface area contributed by atoms with Gasteiger partial charge in [-0.15, -0.1) is 0 Å². The zero-order valence-electron chi connectivity index (χ0n) is 12.6. The van der Waals surface area contributed by atoms with Crippen LogP contribution in [0.5, 0.6) is 0 Å². The second-order valence-corrected chi connectivity index (χ2v) is 5.74. The highest BCUT2D eigenvalue weighted by molar-refractivity contribution is 5.63. The first kappa shape index (κ1) is 14.6. The highest BCUT2D eigenvalue weighted by atomic mass is 16.1. The Bertz CT molecular complexity index is 593. The monoisotopic (exact) mass is 272 g/mol. The fourth-order valence-corrected chi connectivity index (χ4v) is 2.53. The van der Waals surface area contributed by atoms with E-state index in [9.17, 15) is 4.79 Å². The smallest absolute Gasteiger partial charge is 0.267 e. The lowest BCUT2D eigenvalue weighted by Gasteiger charge is -2.12. The van der Waals surface area contributed by atoms with E-state index in [1.165, 1.54) is 0 Å². The molecule has 0 saturated heterocycles. The summed E-state index contributed by atoms with van der Waals surface area (Å²) in [5.41, 5.74) is 3.19. The normalized spacial score (nSPS) is 11.2. The van der Waals surface area contributed by atoms with Gasteiger partial charge in [0.1, 0.15) is 0 Å². The second-order valence-electron chi connectivity index (χ2n) is 5.74. The SMILES string of the molecule is CCCCc1c(-c2ccccc2)n(CC(C)C)[nH]c1=O. The van der Waals surface area contributed by atoms with E-state index < -0.39 is 0 Å².